The van der Waals surface area contributed by atoms with E-state index in [1.807, 2.05) is 19.1 Å². The van der Waals surface area contributed by atoms with Gasteiger partial charge in [0.15, 0.2) is 0 Å². The van der Waals surface area contributed by atoms with E-state index in [1.165, 1.54) is 0 Å². The lowest BCUT2D eigenvalue weighted by atomic mass is 9.71. The molecule has 0 radical (unpaired) electrons. The summed E-state index contributed by atoms with van der Waals surface area (Å²) in [6.07, 6.45) is 4.14. The maximum atomic E-state index is 13.0. The molecule has 2 N–H and O–H groups in total. The molecule has 2 aromatic carbocycles. The Balaban J connectivity index is 1.86. The first-order valence-electron chi connectivity index (χ1n) is 9.59. The van der Waals surface area contributed by atoms with Crippen LogP contribution in [-0.4, -0.2) is 17.0 Å². The van der Waals surface area contributed by atoms with E-state index in [2.05, 4.69) is 5.32 Å². The number of carbonyl (C=O) groups excluding carboxylic acids is 1. The Kier molecular flexibility index (Phi) is 6.81. The van der Waals surface area contributed by atoms with Gasteiger partial charge in [-0.05, 0) is 73.6 Å². The average molecular weight is 467 g/mol. The predicted octanol–water partition coefficient (Wildman–Crippen LogP) is 6.18. The number of benzene rings is 2. The number of hydrogen-bond acceptors (Lipinski definition) is 2. The highest BCUT2D eigenvalue weighted by atomic mass is 35.5. The first-order chi connectivity index (χ1) is 14.1. The molecule has 4 nitrogen and oxygen atoms in total. The summed E-state index contributed by atoms with van der Waals surface area (Å²) in [6.45, 7) is 3.64. The Hall–Kier alpha value is -2.01. The molecule has 1 fully saturated rings. The zero-order chi connectivity index (χ0) is 22.1. The Labute approximate surface area is 190 Å². The molecule has 3 rings (SSSR count). The quantitative estimate of drug-likeness (QED) is 0.499. The van der Waals surface area contributed by atoms with Crippen LogP contribution in [0.4, 0.5) is 0 Å². The maximum Gasteiger partial charge on any atom is 0.307 e. The molecule has 0 saturated heterocycles. The third-order valence-electron chi connectivity index (χ3n) is 5.53. The van der Waals surface area contributed by atoms with Crippen molar-refractivity contribution < 1.29 is 14.7 Å². The first kappa shape index (κ1) is 22.7. The standard InChI is InChI=1S/C23H22Cl3NO3/c1-13-4-7-18(24)21(26)16(13)10-14(2)22(30)27-23(8-3-9-23)17-6-5-15(11-19(17)25)12-20(28)29/h4-7,10-11H,3,8-9,12H2,1-2H3,(H,27,30)(H,28,29)/b14-10+. The molecular weight excluding hydrogens is 445 g/mol. The van der Waals surface area contributed by atoms with E-state index in [9.17, 15) is 9.59 Å². The summed E-state index contributed by atoms with van der Waals surface area (Å²) in [5.74, 6) is -1.13. The van der Waals surface area contributed by atoms with Crippen LogP contribution in [0.3, 0.4) is 0 Å². The van der Waals surface area contributed by atoms with Crippen molar-refractivity contribution in [2.75, 3.05) is 0 Å². The SMILES string of the molecule is C/C(=C\c1c(C)ccc(Cl)c1Cl)C(=O)NC1(c2ccc(CC(=O)O)cc2Cl)CCC1. The zero-order valence-electron chi connectivity index (χ0n) is 16.7. The largest absolute Gasteiger partial charge is 0.481 e. The number of halogens is 3. The molecule has 0 atom stereocenters. The third kappa shape index (κ3) is 4.66. The fourth-order valence-corrected chi connectivity index (χ4v) is 4.48. The number of hydrogen-bond donors (Lipinski definition) is 2. The van der Waals surface area contributed by atoms with Crippen molar-refractivity contribution in [3.05, 3.63) is 73.2 Å². The van der Waals surface area contributed by atoms with Crippen molar-refractivity contribution in [1.29, 1.82) is 0 Å². The zero-order valence-corrected chi connectivity index (χ0v) is 19.0. The second-order valence-electron chi connectivity index (χ2n) is 7.69. The molecule has 0 aromatic heterocycles. The van der Waals surface area contributed by atoms with E-state index in [1.54, 1.807) is 31.2 Å². The molecule has 30 heavy (non-hydrogen) atoms. The molecule has 0 spiro atoms. The summed E-state index contributed by atoms with van der Waals surface area (Å²) in [5.41, 5.74) is 3.02. The molecule has 1 aliphatic carbocycles. The van der Waals surface area contributed by atoms with E-state index in [0.29, 0.717) is 26.2 Å². The number of carbonyl (C=O) groups is 2. The summed E-state index contributed by atoms with van der Waals surface area (Å²) in [7, 11) is 0. The topological polar surface area (TPSA) is 66.4 Å². The van der Waals surface area contributed by atoms with Crippen LogP contribution in [0.1, 0.15) is 48.4 Å². The van der Waals surface area contributed by atoms with Gasteiger partial charge in [0.25, 0.3) is 0 Å². The minimum atomic E-state index is -0.916. The van der Waals surface area contributed by atoms with Crippen molar-refractivity contribution >= 4 is 52.8 Å². The lowest BCUT2D eigenvalue weighted by molar-refractivity contribution is -0.136. The molecule has 7 heteroatoms. The smallest absolute Gasteiger partial charge is 0.307 e. The second-order valence-corrected chi connectivity index (χ2v) is 8.89. The van der Waals surface area contributed by atoms with Gasteiger partial charge in [0.1, 0.15) is 0 Å². The van der Waals surface area contributed by atoms with Crippen molar-refractivity contribution in [1.82, 2.24) is 5.32 Å². The summed E-state index contributed by atoms with van der Waals surface area (Å²) < 4.78 is 0. The summed E-state index contributed by atoms with van der Waals surface area (Å²) in [4.78, 5) is 23.9. The van der Waals surface area contributed by atoms with Crippen molar-refractivity contribution in [3.63, 3.8) is 0 Å². The normalized spacial score (nSPS) is 15.4. The van der Waals surface area contributed by atoms with E-state index in [-0.39, 0.29) is 12.3 Å². The number of nitrogens with one attached hydrogen (secondary N) is 1. The number of rotatable bonds is 6. The van der Waals surface area contributed by atoms with Crippen LogP contribution in [0.25, 0.3) is 6.08 Å². The van der Waals surface area contributed by atoms with Crippen LogP contribution in [0.2, 0.25) is 15.1 Å². The molecular formula is C23H22Cl3NO3. The molecule has 1 saturated carbocycles. The lowest BCUT2D eigenvalue weighted by Gasteiger charge is -2.43. The molecule has 1 amide bonds. The number of carboxylic acids is 1. The van der Waals surface area contributed by atoms with Gasteiger partial charge in [-0.3, -0.25) is 9.59 Å². The molecule has 0 aliphatic heterocycles. The maximum absolute atomic E-state index is 13.0. The van der Waals surface area contributed by atoms with E-state index < -0.39 is 11.5 Å². The number of amides is 1. The van der Waals surface area contributed by atoms with E-state index in [4.69, 9.17) is 39.9 Å². The van der Waals surface area contributed by atoms with Crippen LogP contribution in [0.15, 0.2) is 35.9 Å². The van der Waals surface area contributed by atoms with Crippen molar-refractivity contribution in [2.24, 2.45) is 0 Å². The fourth-order valence-electron chi connectivity index (χ4n) is 3.66. The Morgan fingerprint density at radius 1 is 1.13 bits per heavy atom. The highest BCUT2D eigenvalue weighted by Crippen LogP contribution is 2.44. The average Bonchev–Trinajstić information content (AvgIpc) is 2.64. The second kappa shape index (κ2) is 9.01. The first-order valence-corrected chi connectivity index (χ1v) is 10.7. The Morgan fingerprint density at radius 2 is 1.83 bits per heavy atom. The number of carboxylic acid groups (broad SMARTS) is 1. The monoisotopic (exact) mass is 465 g/mol. The van der Waals surface area contributed by atoms with Gasteiger partial charge in [-0.2, -0.15) is 0 Å². The van der Waals surface area contributed by atoms with Gasteiger partial charge in [-0.1, -0.05) is 53.0 Å². The van der Waals surface area contributed by atoms with Crippen LogP contribution >= 0.6 is 34.8 Å². The van der Waals surface area contributed by atoms with Gasteiger partial charge in [-0.25, -0.2) is 0 Å². The number of aliphatic carboxylic acids is 1. The van der Waals surface area contributed by atoms with Crippen LogP contribution in [0, 0.1) is 6.92 Å². The molecule has 0 unspecified atom stereocenters. The van der Waals surface area contributed by atoms with Crippen LogP contribution in [0.5, 0.6) is 0 Å². The molecule has 158 valence electrons. The summed E-state index contributed by atoms with van der Waals surface area (Å²) in [5, 5.41) is 13.4. The lowest BCUT2D eigenvalue weighted by Crippen LogP contribution is -2.51. The Bertz CT molecular complexity index is 1040. The highest BCUT2D eigenvalue weighted by molar-refractivity contribution is 6.43. The minimum absolute atomic E-state index is 0.0963. The summed E-state index contributed by atoms with van der Waals surface area (Å²) in [6, 6.07) is 8.81. The Morgan fingerprint density at radius 3 is 2.40 bits per heavy atom. The van der Waals surface area contributed by atoms with E-state index in [0.717, 1.165) is 36.0 Å². The molecule has 0 bridgehead atoms. The van der Waals surface area contributed by atoms with Crippen molar-refractivity contribution in [2.45, 2.75) is 45.1 Å². The molecule has 2 aromatic rings. The number of aryl methyl sites for hydroxylation is 1. The van der Waals surface area contributed by atoms with Gasteiger partial charge in [0, 0.05) is 10.6 Å². The van der Waals surface area contributed by atoms with E-state index >= 15 is 0 Å². The summed E-state index contributed by atoms with van der Waals surface area (Å²) >= 11 is 18.9. The van der Waals surface area contributed by atoms with Gasteiger partial charge in [0.2, 0.25) is 5.91 Å². The third-order valence-corrected chi connectivity index (χ3v) is 6.67. The van der Waals surface area contributed by atoms with Gasteiger partial charge in [0.05, 0.1) is 22.0 Å². The van der Waals surface area contributed by atoms with Crippen molar-refractivity contribution in [3.8, 4) is 0 Å². The van der Waals surface area contributed by atoms with Crippen LogP contribution in [-0.2, 0) is 21.5 Å². The van der Waals surface area contributed by atoms with Gasteiger partial charge >= 0.3 is 5.97 Å². The van der Waals surface area contributed by atoms with Gasteiger partial charge in [-0.15, -0.1) is 0 Å². The molecule has 0 heterocycles. The predicted molar refractivity (Wildman–Crippen MR) is 121 cm³/mol. The highest BCUT2D eigenvalue weighted by Gasteiger charge is 2.41. The minimum Gasteiger partial charge on any atom is -0.481 e. The fraction of sp³-hybridized carbons (Fsp3) is 0.304. The molecule has 1 aliphatic rings. The van der Waals surface area contributed by atoms with Gasteiger partial charge < -0.3 is 10.4 Å². The van der Waals surface area contributed by atoms with Crippen LogP contribution < -0.4 is 5.32 Å².